The molecule has 7 heteroatoms. The Morgan fingerprint density at radius 3 is 2.75 bits per heavy atom. The smallest absolute Gasteiger partial charge is 0.247 e. The molecule has 1 saturated heterocycles. The maximum atomic E-state index is 12.1. The number of hydrogen-bond donors (Lipinski definition) is 2. The highest BCUT2D eigenvalue weighted by molar-refractivity contribution is 6.06. The number of amides is 3. The van der Waals surface area contributed by atoms with E-state index in [-0.39, 0.29) is 30.2 Å². The van der Waals surface area contributed by atoms with Crippen molar-refractivity contribution in [2.75, 3.05) is 20.3 Å². The van der Waals surface area contributed by atoms with Crippen LogP contribution in [-0.4, -0.2) is 61.0 Å². The lowest BCUT2D eigenvalue weighted by Crippen LogP contribution is -2.50. The van der Waals surface area contributed by atoms with E-state index in [1.54, 1.807) is 14.0 Å². The number of nitrogens with one attached hydrogen (secondary N) is 2. The molecule has 0 aromatic rings. The maximum Gasteiger partial charge on any atom is 0.247 e. The van der Waals surface area contributed by atoms with Crippen LogP contribution in [0.3, 0.4) is 0 Å². The molecule has 3 amide bonds. The minimum Gasteiger partial charge on any atom is -0.383 e. The van der Waals surface area contributed by atoms with E-state index in [0.717, 1.165) is 12.8 Å². The van der Waals surface area contributed by atoms with Crippen molar-refractivity contribution < 1.29 is 19.1 Å². The van der Waals surface area contributed by atoms with Gasteiger partial charge in [0.25, 0.3) is 0 Å². The van der Waals surface area contributed by atoms with Crippen LogP contribution in [0.1, 0.15) is 26.2 Å². The highest BCUT2D eigenvalue weighted by atomic mass is 16.5. The molecule has 0 radical (unpaired) electrons. The van der Waals surface area contributed by atoms with E-state index in [4.69, 9.17) is 4.74 Å². The molecular formula is C13H21N3O4. The second-order valence-electron chi connectivity index (χ2n) is 5.26. The molecule has 112 valence electrons. The second-order valence-corrected chi connectivity index (χ2v) is 5.26. The molecular weight excluding hydrogens is 262 g/mol. The van der Waals surface area contributed by atoms with Crippen molar-refractivity contribution in [1.82, 2.24) is 15.5 Å². The molecule has 0 aromatic carbocycles. The number of rotatable bonds is 7. The van der Waals surface area contributed by atoms with Crippen LogP contribution in [0.4, 0.5) is 0 Å². The SMILES string of the molecule is COCCNC(=O)C(C)NC1CC(=O)N(C2CC2)C1=O. The van der Waals surface area contributed by atoms with Gasteiger partial charge in [-0.2, -0.15) is 0 Å². The third-order valence-corrected chi connectivity index (χ3v) is 3.54. The minimum absolute atomic E-state index is 0.0904. The second kappa shape index (κ2) is 6.32. The van der Waals surface area contributed by atoms with Crippen molar-refractivity contribution in [3.05, 3.63) is 0 Å². The number of likely N-dealkylation sites (tertiary alicyclic amines) is 1. The highest BCUT2D eigenvalue weighted by Gasteiger charge is 2.46. The number of nitrogens with zero attached hydrogens (tertiary/aromatic N) is 1. The van der Waals surface area contributed by atoms with Gasteiger partial charge in [0, 0.05) is 19.7 Å². The summed E-state index contributed by atoms with van der Waals surface area (Å²) in [5, 5.41) is 5.63. The summed E-state index contributed by atoms with van der Waals surface area (Å²) in [6.45, 7) is 2.54. The van der Waals surface area contributed by atoms with Crippen molar-refractivity contribution in [1.29, 1.82) is 0 Å². The Morgan fingerprint density at radius 2 is 2.15 bits per heavy atom. The molecule has 2 atom stereocenters. The molecule has 0 bridgehead atoms. The average molecular weight is 283 g/mol. The van der Waals surface area contributed by atoms with Crippen LogP contribution in [0.15, 0.2) is 0 Å². The van der Waals surface area contributed by atoms with Crippen LogP contribution in [0.25, 0.3) is 0 Å². The van der Waals surface area contributed by atoms with Gasteiger partial charge in [0.1, 0.15) is 0 Å². The molecule has 1 heterocycles. The van der Waals surface area contributed by atoms with Crippen LogP contribution >= 0.6 is 0 Å². The number of hydrogen-bond acceptors (Lipinski definition) is 5. The molecule has 0 aromatic heterocycles. The number of methoxy groups -OCH3 is 1. The lowest BCUT2D eigenvalue weighted by atomic mass is 10.2. The van der Waals surface area contributed by atoms with Gasteiger partial charge >= 0.3 is 0 Å². The molecule has 0 spiro atoms. The van der Waals surface area contributed by atoms with Gasteiger partial charge in [-0.25, -0.2) is 0 Å². The summed E-state index contributed by atoms with van der Waals surface area (Å²) < 4.78 is 4.84. The van der Waals surface area contributed by atoms with Gasteiger partial charge < -0.3 is 10.1 Å². The Morgan fingerprint density at radius 1 is 1.45 bits per heavy atom. The predicted molar refractivity (Wildman–Crippen MR) is 70.8 cm³/mol. The minimum atomic E-state index is -0.578. The fraction of sp³-hybridized carbons (Fsp3) is 0.769. The Balaban J connectivity index is 1.82. The zero-order valence-corrected chi connectivity index (χ0v) is 11.8. The summed E-state index contributed by atoms with van der Waals surface area (Å²) >= 11 is 0. The molecule has 1 saturated carbocycles. The first-order chi connectivity index (χ1) is 9.54. The first-order valence-corrected chi connectivity index (χ1v) is 6.93. The lowest BCUT2D eigenvalue weighted by molar-refractivity contribution is -0.139. The van der Waals surface area contributed by atoms with E-state index in [2.05, 4.69) is 10.6 Å². The van der Waals surface area contributed by atoms with E-state index in [1.165, 1.54) is 4.90 Å². The fourth-order valence-corrected chi connectivity index (χ4v) is 2.30. The molecule has 2 unspecified atom stereocenters. The van der Waals surface area contributed by atoms with E-state index >= 15 is 0 Å². The van der Waals surface area contributed by atoms with Gasteiger partial charge in [0.05, 0.1) is 25.1 Å². The van der Waals surface area contributed by atoms with Crippen molar-refractivity contribution in [2.24, 2.45) is 0 Å². The Labute approximate surface area is 118 Å². The highest BCUT2D eigenvalue weighted by Crippen LogP contribution is 2.31. The van der Waals surface area contributed by atoms with Crippen molar-refractivity contribution in [3.63, 3.8) is 0 Å². The van der Waals surface area contributed by atoms with Crippen molar-refractivity contribution >= 4 is 17.7 Å². The van der Waals surface area contributed by atoms with Gasteiger partial charge in [0.15, 0.2) is 0 Å². The number of imide groups is 1. The van der Waals surface area contributed by atoms with Gasteiger partial charge in [-0.05, 0) is 19.8 Å². The van der Waals surface area contributed by atoms with Crippen LogP contribution in [0.2, 0.25) is 0 Å². The van der Waals surface area contributed by atoms with Gasteiger partial charge in [-0.3, -0.25) is 24.6 Å². The Kier molecular flexibility index (Phi) is 4.72. The largest absolute Gasteiger partial charge is 0.383 e. The fourth-order valence-electron chi connectivity index (χ4n) is 2.30. The average Bonchev–Trinajstić information content (AvgIpc) is 3.18. The monoisotopic (exact) mass is 283 g/mol. The third kappa shape index (κ3) is 3.34. The normalized spacial score (nSPS) is 24.1. The summed E-state index contributed by atoms with van der Waals surface area (Å²) in [5.41, 5.74) is 0. The van der Waals surface area contributed by atoms with Crippen LogP contribution < -0.4 is 10.6 Å². The molecule has 20 heavy (non-hydrogen) atoms. The zero-order chi connectivity index (χ0) is 14.7. The molecule has 2 N–H and O–H groups in total. The number of carbonyl (C=O) groups is 3. The standard InChI is InChI=1S/C13H21N3O4/c1-8(12(18)14-5-6-20-2)15-10-7-11(17)16(13(10)19)9-3-4-9/h8-10,15H,3-7H2,1-2H3,(H,14,18). The molecule has 2 rings (SSSR count). The van der Waals surface area contributed by atoms with E-state index in [1.807, 2.05) is 0 Å². The molecule has 2 fully saturated rings. The predicted octanol–water partition coefficient (Wildman–Crippen LogP) is -0.983. The summed E-state index contributed by atoms with van der Waals surface area (Å²) in [6, 6.07) is -1.01. The first-order valence-electron chi connectivity index (χ1n) is 6.93. The van der Waals surface area contributed by atoms with Gasteiger partial charge in [-0.1, -0.05) is 0 Å². The number of ether oxygens (including phenoxy) is 1. The van der Waals surface area contributed by atoms with E-state index in [9.17, 15) is 14.4 Å². The van der Waals surface area contributed by atoms with Crippen molar-refractivity contribution in [3.8, 4) is 0 Å². The Bertz CT molecular complexity index is 408. The molecule has 2 aliphatic rings. The maximum absolute atomic E-state index is 12.1. The third-order valence-electron chi connectivity index (χ3n) is 3.54. The van der Waals surface area contributed by atoms with Crippen LogP contribution in [-0.2, 0) is 19.1 Å². The van der Waals surface area contributed by atoms with Gasteiger partial charge in [-0.15, -0.1) is 0 Å². The zero-order valence-electron chi connectivity index (χ0n) is 11.8. The number of carbonyl (C=O) groups excluding carboxylic acids is 3. The summed E-state index contributed by atoms with van der Waals surface area (Å²) in [5.74, 6) is -0.539. The summed E-state index contributed by atoms with van der Waals surface area (Å²) in [4.78, 5) is 37.0. The Hall–Kier alpha value is -1.47. The van der Waals surface area contributed by atoms with Crippen molar-refractivity contribution in [2.45, 2.75) is 44.3 Å². The summed E-state index contributed by atoms with van der Waals surface area (Å²) in [7, 11) is 1.56. The van der Waals surface area contributed by atoms with Gasteiger partial charge in [0.2, 0.25) is 17.7 Å². The molecule has 1 aliphatic heterocycles. The summed E-state index contributed by atoms with van der Waals surface area (Å²) in [6.07, 6.45) is 1.94. The van der Waals surface area contributed by atoms with E-state index in [0.29, 0.717) is 13.2 Å². The molecule has 7 nitrogen and oxygen atoms in total. The van der Waals surface area contributed by atoms with Crippen LogP contribution in [0, 0.1) is 0 Å². The van der Waals surface area contributed by atoms with E-state index < -0.39 is 12.1 Å². The molecule has 1 aliphatic carbocycles. The lowest BCUT2D eigenvalue weighted by Gasteiger charge is -2.18. The first kappa shape index (κ1) is 14.9. The topological polar surface area (TPSA) is 87.7 Å². The quantitative estimate of drug-likeness (QED) is 0.463. The van der Waals surface area contributed by atoms with Crippen LogP contribution in [0.5, 0.6) is 0 Å².